The Labute approximate surface area is 228 Å². The fourth-order valence-corrected chi connectivity index (χ4v) is 3.32. The van der Waals surface area contributed by atoms with Crippen LogP contribution in [0.1, 0.15) is 27.6 Å². The Hall–Kier alpha value is -4.54. The molecule has 7 N–H and O–H groups in total. The van der Waals surface area contributed by atoms with Gasteiger partial charge in [0.2, 0.25) is 5.91 Å². The molecule has 2 heterocycles. The molecule has 38 heavy (non-hydrogen) atoms. The van der Waals surface area contributed by atoms with E-state index in [1.165, 1.54) is 36.9 Å². The third-order valence-electron chi connectivity index (χ3n) is 4.72. The number of anilines is 2. The maximum Gasteiger partial charge on any atom is 0.251 e. The summed E-state index contributed by atoms with van der Waals surface area (Å²) in [6.45, 7) is 2.41. The van der Waals surface area contributed by atoms with Gasteiger partial charge in [-0.1, -0.05) is 23.2 Å². The van der Waals surface area contributed by atoms with Crippen LogP contribution in [0.4, 0.5) is 11.4 Å². The summed E-state index contributed by atoms with van der Waals surface area (Å²) >= 11 is 11.6. The number of nitrogens with two attached hydrogens (primary N) is 3. The van der Waals surface area contributed by atoms with E-state index in [9.17, 15) is 9.59 Å². The smallest absolute Gasteiger partial charge is 0.251 e. The Morgan fingerprint density at radius 3 is 1.68 bits per heavy atom. The molecule has 0 spiro atoms. The standard InChI is InChI=1S/C14H14ClN3O2.C12H10ClN3O2/c1-2-18-14(19)9-3-4-13(12(16)5-9)20-11-6-10(15)7-17-8-11;13-8-4-9(6-16-5-8)18-11-2-1-7(12(15)17)3-10(11)14/h3-8H,2,16H2,1H3,(H,18,19);1-6H,14H2,(H2,15,17). The van der Waals surface area contributed by atoms with Gasteiger partial charge in [-0.3, -0.25) is 19.6 Å². The molecule has 4 rings (SSSR count). The van der Waals surface area contributed by atoms with E-state index >= 15 is 0 Å². The molecule has 0 aliphatic carbocycles. The number of rotatable bonds is 7. The van der Waals surface area contributed by atoms with Crippen LogP contribution < -0.4 is 32.0 Å². The highest BCUT2D eigenvalue weighted by molar-refractivity contribution is 6.30. The van der Waals surface area contributed by atoms with Crippen molar-refractivity contribution in [3.63, 3.8) is 0 Å². The number of nitrogens with zero attached hydrogens (tertiary/aromatic N) is 2. The van der Waals surface area contributed by atoms with Crippen molar-refractivity contribution in [2.45, 2.75) is 6.92 Å². The normalized spacial score (nSPS) is 10.1. The third-order valence-corrected chi connectivity index (χ3v) is 5.13. The van der Waals surface area contributed by atoms with Gasteiger partial charge in [0.15, 0.2) is 0 Å². The Balaban J connectivity index is 0.000000212. The highest BCUT2D eigenvalue weighted by atomic mass is 35.5. The van der Waals surface area contributed by atoms with Crippen molar-refractivity contribution in [1.82, 2.24) is 15.3 Å². The highest BCUT2D eigenvalue weighted by Crippen LogP contribution is 2.30. The van der Waals surface area contributed by atoms with Gasteiger partial charge in [0.1, 0.15) is 23.0 Å². The Bertz CT molecular complexity index is 1450. The fourth-order valence-electron chi connectivity index (χ4n) is 2.99. The predicted molar refractivity (Wildman–Crippen MR) is 147 cm³/mol. The molecule has 12 heteroatoms. The van der Waals surface area contributed by atoms with Gasteiger partial charge >= 0.3 is 0 Å². The van der Waals surface area contributed by atoms with E-state index in [2.05, 4.69) is 15.3 Å². The molecular weight excluding hydrogens is 531 g/mol. The van der Waals surface area contributed by atoms with Crippen LogP contribution in [-0.4, -0.2) is 28.3 Å². The molecule has 0 radical (unpaired) electrons. The van der Waals surface area contributed by atoms with Gasteiger partial charge in [-0.05, 0) is 43.3 Å². The Morgan fingerprint density at radius 2 is 1.26 bits per heavy atom. The average molecular weight is 555 g/mol. The monoisotopic (exact) mass is 554 g/mol. The first kappa shape index (κ1) is 28.0. The second kappa shape index (κ2) is 13.1. The largest absolute Gasteiger partial charge is 0.454 e. The molecule has 10 nitrogen and oxygen atoms in total. The molecular formula is C26H24Cl2N6O4. The maximum atomic E-state index is 11.7. The topological polar surface area (TPSA) is 168 Å². The van der Waals surface area contributed by atoms with E-state index in [1.807, 2.05) is 6.92 Å². The number of hydrogen-bond donors (Lipinski definition) is 4. The second-order valence-electron chi connectivity index (χ2n) is 7.61. The number of halogens is 2. The minimum Gasteiger partial charge on any atom is -0.454 e. The number of nitrogens with one attached hydrogen (secondary N) is 1. The lowest BCUT2D eigenvalue weighted by molar-refractivity contribution is 0.0954. The molecule has 0 aliphatic heterocycles. The number of primary amides is 1. The molecule has 2 aromatic carbocycles. The van der Waals surface area contributed by atoms with Crippen LogP contribution in [0.3, 0.4) is 0 Å². The molecule has 0 saturated heterocycles. The first-order valence-corrected chi connectivity index (χ1v) is 11.9. The van der Waals surface area contributed by atoms with Gasteiger partial charge in [-0.25, -0.2) is 0 Å². The molecule has 2 aromatic heterocycles. The van der Waals surface area contributed by atoms with Crippen molar-refractivity contribution >= 4 is 46.4 Å². The van der Waals surface area contributed by atoms with Crippen LogP contribution in [0, 0.1) is 0 Å². The van der Waals surface area contributed by atoms with E-state index in [1.54, 1.807) is 36.4 Å². The van der Waals surface area contributed by atoms with Gasteiger partial charge in [0.05, 0.1) is 33.8 Å². The van der Waals surface area contributed by atoms with Crippen LogP contribution in [0.2, 0.25) is 10.0 Å². The van der Waals surface area contributed by atoms with Crippen LogP contribution in [-0.2, 0) is 0 Å². The molecule has 2 amide bonds. The summed E-state index contributed by atoms with van der Waals surface area (Å²) in [5.74, 6) is 1.08. The molecule has 0 unspecified atom stereocenters. The van der Waals surface area contributed by atoms with Crippen molar-refractivity contribution in [3.05, 3.63) is 94.5 Å². The number of amides is 2. The van der Waals surface area contributed by atoms with Gasteiger partial charge in [-0.15, -0.1) is 0 Å². The molecule has 0 atom stereocenters. The lowest BCUT2D eigenvalue weighted by Gasteiger charge is -2.10. The Kier molecular flexibility index (Phi) is 9.69. The summed E-state index contributed by atoms with van der Waals surface area (Å²) < 4.78 is 11.1. The molecule has 0 saturated carbocycles. The molecule has 196 valence electrons. The van der Waals surface area contributed by atoms with Crippen molar-refractivity contribution in [1.29, 1.82) is 0 Å². The average Bonchev–Trinajstić information content (AvgIpc) is 2.87. The summed E-state index contributed by atoms with van der Waals surface area (Å²) in [5.41, 5.74) is 18.3. The van der Waals surface area contributed by atoms with Gasteiger partial charge in [-0.2, -0.15) is 0 Å². The SMILES string of the molecule is CCNC(=O)c1ccc(Oc2cncc(Cl)c2)c(N)c1.NC(=O)c1ccc(Oc2cncc(Cl)c2)c(N)c1. The zero-order valence-electron chi connectivity index (χ0n) is 20.2. The molecule has 0 bridgehead atoms. The van der Waals surface area contributed by atoms with Crippen LogP contribution >= 0.6 is 23.2 Å². The molecule has 4 aromatic rings. The lowest BCUT2D eigenvalue weighted by atomic mass is 10.1. The number of pyridine rings is 2. The van der Waals surface area contributed by atoms with Crippen molar-refractivity contribution in [3.8, 4) is 23.0 Å². The van der Waals surface area contributed by atoms with Crippen molar-refractivity contribution in [2.24, 2.45) is 5.73 Å². The summed E-state index contributed by atoms with van der Waals surface area (Å²) in [7, 11) is 0. The number of nitrogen functional groups attached to an aromatic ring is 2. The first-order chi connectivity index (χ1) is 18.2. The minimum absolute atomic E-state index is 0.171. The van der Waals surface area contributed by atoms with E-state index in [0.29, 0.717) is 62.1 Å². The summed E-state index contributed by atoms with van der Waals surface area (Å²) in [4.78, 5) is 30.4. The second-order valence-corrected chi connectivity index (χ2v) is 8.48. The predicted octanol–water partition coefficient (Wildman–Crippen LogP) is 5.07. The summed E-state index contributed by atoms with van der Waals surface area (Å²) in [6, 6.07) is 12.6. The van der Waals surface area contributed by atoms with Crippen LogP contribution in [0.5, 0.6) is 23.0 Å². The first-order valence-electron chi connectivity index (χ1n) is 11.1. The molecule has 0 fully saturated rings. The zero-order chi connectivity index (χ0) is 27.7. The number of carbonyl (C=O) groups excluding carboxylic acids is 2. The number of ether oxygens (including phenoxy) is 2. The van der Waals surface area contributed by atoms with Crippen LogP contribution in [0.15, 0.2) is 73.3 Å². The van der Waals surface area contributed by atoms with Gasteiger partial charge < -0.3 is 32.0 Å². The summed E-state index contributed by atoms with van der Waals surface area (Å²) in [6.07, 6.45) is 6.04. The lowest BCUT2D eigenvalue weighted by Crippen LogP contribution is -2.22. The zero-order valence-corrected chi connectivity index (χ0v) is 21.7. The van der Waals surface area contributed by atoms with Crippen LogP contribution in [0.25, 0.3) is 0 Å². The fraction of sp³-hybridized carbons (Fsp3) is 0.0769. The van der Waals surface area contributed by atoms with E-state index in [0.717, 1.165) is 0 Å². The molecule has 0 aliphatic rings. The number of hydrogen-bond acceptors (Lipinski definition) is 8. The van der Waals surface area contributed by atoms with Gasteiger partial charge in [0.25, 0.3) is 5.91 Å². The highest BCUT2D eigenvalue weighted by Gasteiger charge is 2.09. The number of aromatic nitrogens is 2. The van der Waals surface area contributed by atoms with Crippen molar-refractivity contribution < 1.29 is 19.1 Å². The minimum atomic E-state index is -0.544. The maximum absolute atomic E-state index is 11.7. The van der Waals surface area contributed by atoms with Gasteiger partial charge in [0, 0.05) is 42.2 Å². The van der Waals surface area contributed by atoms with E-state index < -0.39 is 5.91 Å². The van der Waals surface area contributed by atoms with E-state index in [4.69, 9.17) is 49.9 Å². The van der Waals surface area contributed by atoms with E-state index in [-0.39, 0.29) is 5.91 Å². The quantitative estimate of drug-likeness (QED) is 0.229. The Morgan fingerprint density at radius 1 is 0.789 bits per heavy atom. The number of carbonyl (C=O) groups is 2. The summed E-state index contributed by atoms with van der Waals surface area (Å²) in [5, 5.41) is 3.63. The van der Waals surface area contributed by atoms with Crippen molar-refractivity contribution in [2.75, 3.05) is 18.0 Å². The third kappa shape index (κ3) is 7.99. The number of benzene rings is 2.